The molecule has 24 heavy (non-hydrogen) atoms. The maximum atomic E-state index is 12.0. The minimum absolute atomic E-state index is 0.0602. The van der Waals surface area contributed by atoms with Crippen molar-refractivity contribution in [3.05, 3.63) is 54.6 Å². The largest absolute Gasteiger partial charge is 0.329 e. The number of carbonyl (C=O) groups is 3. The van der Waals surface area contributed by atoms with Crippen molar-refractivity contribution < 1.29 is 14.4 Å². The fraction of sp³-hybridized carbons (Fsp3) is 0.118. The zero-order valence-electron chi connectivity index (χ0n) is 12.7. The quantitative estimate of drug-likeness (QED) is 0.818. The second kappa shape index (κ2) is 7.18. The number of carbonyl (C=O) groups excluding carboxylic acids is 3. The van der Waals surface area contributed by atoms with Crippen LogP contribution in [0.3, 0.4) is 0 Å². The second-order valence-corrected chi connectivity index (χ2v) is 6.28. The van der Waals surface area contributed by atoms with Crippen molar-refractivity contribution in [3.63, 3.8) is 0 Å². The van der Waals surface area contributed by atoms with E-state index in [1.54, 1.807) is 17.8 Å². The first-order valence-corrected chi connectivity index (χ1v) is 8.14. The Hall–Kier alpha value is -2.80. The van der Waals surface area contributed by atoms with Crippen LogP contribution in [0.1, 0.15) is 0 Å². The summed E-state index contributed by atoms with van der Waals surface area (Å²) in [6.07, 6.45) is 0. The number of imide groups is 1. The number of benzene rings is 2. The number of urea groups is 1. The molecule has 1 heterocycles. The van der Waals surface area contributed by atoms with Crippen LogP contribution >= 0.6 is 11.8 Å². The first-order valence-electron chi connectivity index (χ1n) is 7.33. The smallest absolute Gasteiger partial charge is 0.325 e. The summed E-state index contributed by atoms with van der Waals surface area (Å²) in [5.74, 6) is -0.814. The van der Waals surface area contributed by atoms with Crippen LogP contribution in [0.15, 0.2) is 64.4 Å². The van der Waals surface area contributed by atoms with Gasteiger partial charge in [-0.15, -0.1) is 0 Å². The molecule has 0 aliphatic carbocycles. The zero-order chi connectivity index (χ0) is 16.9. The number of nitrogens with zero attached hydrogens (tertiary/aromatic N) is 1. The van der Waals surface area contributed by atoms with Crippen molar-refractivity contribution in [1.82, 2.24) is 10.2 Å². The van der Waals surface area contributed by atoms with Crippen molar-refractivity contribution in [2.75, 3.05) is 18.4 Å². The van der Waals surface area contributed by atoms with E-state index in [1.165, 1.54) is 0 Å². The highest BCUT2D eigenvalue weighted by Gasteiger charge is 2.30. The Labute approximate surface area is 143 Å². The van der Waals surface area contributed by atoms with Crippen LogP contribution in [0.5, 0.6) is 0 Å². The predicted molar refractivity (Wildman–Crippen MR) is 90.7 cm³/mol. The second-order valence-electron chi connectivity index (χ2n) is 5.13. The molecule has 7 heteroatoms. The molecule has 0 atom stereocenters. The highest BCUT2D eigenvalue weighted by molar-refractivity contribution is 7.99. The molecule has 2 aromatic rings. The molecular formula is C17H15N3O3S. The van der Waals surface area contributed by atoms with Crippen molar-refractivity contribution in [3.8, 4) is 0 Å². The Bertz CT molecular complexity index is 764. The Morgan fingerprint density at radius 2 is 1.83 bits per heavy atom. The third kappa shape index (κ3) is 3.94. The van der Waals surface area contributed by atoms with Gasteiger partial charge < -0.3 is 10.6 Å². The molecular weight excluding hydrogens is 326 g/mol. The van der Waals surface area contributed by atoms with Gasteiger partial charge in [0.2, 0.25) is 5.91 Å². The van der Waals surface area contributed by atoms with Crippen molar-refractivity contribution in [2.24, 2.45) is 0 Å². The zero-order valence-corrected chi connectivity index (χ0v) is 13.5. The SMILES string of the molecule is O=C(CN1C(=O)CNC1=O)Nc1cccc(Sc2ccccc2)c1. The Kier molecular flexibility index (Phi) is 4.81. The van der Waals surface area contributed by atoms with Gasteiger partial charge >= 0.3 is 6.03 Å². The van der Waals surface area contributed by atoms with Crippen molar-refractivity contribution in [1.29, 1.82) is 0 Å². The molecule has 122 valence electrons. The molecule has 1 aliphatic rings. The van der Waals surface area contributed by atoms with Gasteiger partial charge in [0.15, 0.2) is 0 Å². The fourth-order valence-corrected chi connectivity index (χ4v) is 3.12. The van der Waals surface area contributed by atoms with Gasteiger partial charge in [0.05, 0.1) is 6.54 Å². The molecule has 0 bridgehead atoms. The van der Waals surface area contributed by atoms with Crippen LogP contribution < -0.4 is 10.6 Å². The van der Waals surface area contributed by atoms with E-state index in [-0.39, 0.29) is 13.1 Å². The molecule has 2 aromatic carbocycles. The highest BCUT2D eigenvalue weighted by atomic mass is 32.2. The van der Waals surface area contributed by atoms with E-state index in [0.29, 0.717) is 5.69 Å². The summed E-state index contributed by atoms with van der Waals surface area (Å²) >= 11 is 1.58. The fourth-order valence-electron chi connectivity index (χ4n) is 2.22. The summed E-state index contributed by atoms with van der Waals surface area (Å²) in [5.41, 5.74) is 0.619. The third-order valence-corrected chi connectivity index (χ3v) is 4.33. The summed E-state index contributed by atoms with van der Waals surface area (Å²) in [7, 11) is 0. The van der Waals surface area contributed by atoms with Crippen LogP contribution in [0.2, 0.25) is 0 Å². The average Bonchev–Trinajstić information content (AvgIpc) is 2.88. The molecule has 1 fully saturated rings. The Morgan fingerprint density at radius 3 is 2.54 bits per heavy atom. The van der Waals surface area contributed by atoms with Gasteiger partial charge in [-0.05, 0) is 30.3 Å². The van der Waals surface area contributed by atoms with Crippen molar-refractivity contribution >= 4 is 35.3 Å². The number of hydrogen-bond acceptors (Lipinski definition) is 4. The molecule has 0 spiro atoms. The van der Waals surface area contributed by atoms with Gasteiger partial charge in [-0.25, -0.2) is 4.79 Å². The van der Waals surface area contributed by atoms with Crippen LogP contribution in [0.4, 0.5) is 10.5 Å². The summed E-state index contributed by atoms with van der Waals surface area (Å²) in [6, 6.07) is 16.8. The van der Waals surface area contributed by atoms with Crippen LogP contribution in [-0.2, 0) is 9.59 Å². The number of hydrogen-bond donors (Lipinski definition) is 2. The van der Waals surface area contributed by atoms with Crippen molar-refractivity contribution in [2.45, 2.75) is 9.79 Å². The van der Waals surface area contributed by atoms with Gasteiger partial charge in [0, 0.05) is 15.5 Å². The first-order chi connectivity index (χ1) is 11.6. The van der Waals surface area contributed by atoms with Gasteiger partial charge in [-0.3, -0.25) is 14.5 Å². The van der Waals surface area contributed by atoms with E-state index in [1.807, 2.05) is 48.5 Å². The molecule has 0 saturated carbocycles. The summed E-state index contributed by atoms with van der Waals surface area (Å²) in [4.78, 5) is 37.9. The average molecular weight is 341 g/mol. The van der Waals surface area contributed by atoms with E-state index in [2.05, 4.69) is 10.6 Å². The maximum absolute atomic E-state index is 12.0. The molecule has 0 aromatic heterocycles. The predicted octanol–water partition coefficient (Wildman–Crippen LogP) is 2.33. The summed E-state index contributed by atoms with van der Waals surface area (Å²) in [6.45, 7) is -0.351. The van der Waals surface area contributed by atoms with Gasteiger partial charge in [0.1, 0.15) is 6.54 Å². The molecule has 1 aliphatic heterocycles. The molecule has 2 N–H and O–H groups in total. The minimum Gasteiger partial charge on any atom is -0.329 e. The number of amides is 4. The lowest BCUT2D eigenvalue weighted by atomic mass is 10.3. The lowest BCUT2D eigenvalue weighted by molar-refractivity contribution is -0.128. The highest BCUT2D eigenvalue weighted by Crippen LogP contribution is 2.29. The topological polar surface area (TPSA) is 78.5 Å². The summed E-state index contributed by atoms with van der Waals surface area (Å²) < 4.78 is 0. The Balaban J connectivity index is 1.63. The molecule has 1 saturated heterocycles. The molecule has 3 rings (SSSR count). The molecule has 0 unspecified atom stereocenters. The van der Waals surface area contributed by atoms with E-state index in [4.69, 9.17) is 0 Å². The Morgan fingerprint density at radius 1 is 1.08 bits per heavy atom. The summed E-state index contributed by atoms with van der Waals surface area (Å²) in [5, 5.41) is 5.09. The van der Waals surface area contributed by atoms with Gasteiger partial charge in [-0.1, -0.05) is 36.0 Å². The number of anilines is 1. The number of rotatable bonds is 5. The van der Waals surface area contributed by atoms with Crippen LogP contribution in [0.25, 0.3) is 0 Å². The van der Waals surface area contributed by atoms with Crippen LogP contribution in [-0.4, -0.2) is 35.8 Å². The molecule has 6 nitrogen and oxygen atoms in total. The van der Waals surface area contributed by atoms with E-state index >= 15 is 0 Å². The standard InChI is InChI=1S/C17H15N3O3S/c21-15(11-20-16(22)10-18-17(20)23)19-12-5-4-8-14(9-12)24-13-6-2-1-3-7-13/h1-9H,10-11H2,(H,18,23)(H,19,21). The van der Waals surface area contributed by atoms with Gasteiger partial charge in [-0.2, -0.15) is 0 Å². The lowest BCUT2D eigenvalue weighted by Crippen LogP contribution is -2.38. The van der Waals surface area contributed by atoms with Gasteiger partial charge in [0.25, 0.3) is 5.91 Å². The monoisotopic (exact) mass is 341 g/mol. The minimum atomic E-state index is -0.538. The van der Waals surface area contributed by atoms with E-state index in [0.717, 1.165) is 14.7 Å². The van der Waals surface area contributed by atoms with E-state index in [9.17, 15) is 14.4 Å². The lowest BCUT2D eigenvalue weighted by Gasteiger charge is -2.12. The first kappa shape index (κ1) is 16.1. The van der Waals surface area contributed by atoms with Crippen LogP contribution in [0, 0.1) is 0 Å². The third-order valence-electron chi connectivity index (χ3n) is 3.34. The normalized spacial score (nSPS) is 13.8. The maximum Gasteiger partial charge on any atom is 0.325 e. The number of nitrogens with one attached hydrogen (secondary N) is 2. The molecule has 4 amide bonds. The van der Waals surface area contributed by atoms with E-state index < -0.39 is 17.8 Å². The molecule has 0 radical (unpaired) electrons.